The number of hydrogen-bond donors (Lipinski definition) is 1. The highest BCUT2D eigenvalue weighted by molar-refractivity contribution is 7.17. The van der Waals surface area contributed by atoms with Crippen LogP contribution in [0, 0.1) is 18.8 Å². The molecule has 0 aliphatic heterocycles. The molecule has 2 N–H and O–H groups in total. The third kappa shape index (κ3) is 1.86. The standard InChI is InChI=1S/C17H19NS.ClH/c1-10-9-19-15-4-2-3-13(16(10)15)17-12-6-5-11(7-12)14(17)8-18;/h2-4,9,11-12H,5-8,18H2,1H3;1H. The molecule has 1 saturated carbocycles. The first-order chi connectivity index (χ1) is 9.29. The van der Waals surface area contributed by atoms with E-state index in [1.165, 1.54) is 40.5 Å². The van der Waals surface area contributed by atoms with Crippen LogP contribution in [0.1, 0.15) is 30.4 Å². The normalized spacial score (nSPS) is 24.5. The summed E-state index contributed by atoms with van der Waals surface area (Å²) < 4.78 is 1.42. The highest BCUT2D eigenvalue weighted by Crippen LogP contribution is 2.53. The van der Waals surface area contributed by atoms with E-state index in [2.05, 4.69) is 30.5 Å². The van der Waals surface area contributed by atoms with E-state index in [1.54, 1.807) is 11.1 Å². The molecule has 2 aliphatic rings. The lowest BCUT2D eigenvalue weighted by Gasteiger charge is -2.20. The molecule has 0 saturated heterocycles. The summed E-state index contributed by atoms with van der Waals surface area (Å²) in [4.78, 5) is 0. The summed E-state index contributed by atoms with van der Waals surface area (Å²) in [6.45, 7) is 2.98. The number of fused-ring (bicyclic) bond motifs is 3. The first-order valence-corrected chi connectivity index (χ1v) is 8.07. The molecular weight excluding hydrogens is 286 g/mol. The second kappa shape index (κ2) is 5.18. The average molecular weight is 306 g/mol. The number of nitrogens with two attached hydrogens (primary N) is 1. The lowest BCUT2D eigenvalue weighted by Crippen LogP contribution is -2.12. The van der Waals surface area contributed by atoms with Gasteiger partial charge in [-0.2, -0.15) is 0 Å². The minimum absolute atomic E-state index is 0. The number of hydrogen-bond acceptors (Lipinski definition) is 2. The van der Waals surface area contributed by atoms with Crippen molar-refractivity contribution in [3.05, 3.63) is 40.3 Å². The van der Waals surface area contributed by atoms with Gasteiger partial charge in [-0.3, -0.25) is 0 Å². The largest absolute Gasteiger partial charge is 0.327 e. The zero-order chi connectivity index (χ0) is 13.0. The van der Waals surface area contributed by atoms with Crippen LogP contribution in [-0.4, -0.2) is 6.54 Å². The molecule has 1 fully saturated rings. The van der Waals surface area contributed by atoms with E-state index in [0.29, 0.717) is 0 Å². The Bertz CT molecular complexity index is 685. The van der Waals surface area contributed by atoms with Gasteiger partial charge in [0.15, 0.2) is 0 Å². The molecule has 0 amide bonds. The first-order valence-electron chi connectivity index (χ1n) is 7.19. The van der Waals surface area contributed by atoms with Crippen LogP contribution >= 0.6 is 23.7 Å². The van der Waals surface area contributed by atoms with Gasteiger partial charge < -0.3 is 5.73 Å². The number of benzene rings is 1. The highest BCUT2D eigenvalue weighted by atomic mass is 35.5. The van der Waals surface area contributed by atoms with Crippen LogP contribution in [0.25, 0.3) is 15.7 Å². The van der Waals surface area contributed by atoms with Crippen LogP contribution in [-0.2, 0) is 0 Å². The van der Waals surface area contributed by atoms with Crippen molar-refractivity contribution >= 4 is 39.4 Å². The molecule has 1 heterocycles. The van der Waals surface area contributed by atoms with Gasteiger partial charge in [0.1, 0.15) is 0 Å². The van der Waals surface area contributed by atoms with Gasteiger partial charge in [0.05, 0.1) is 0 Å². The van der Waals surface area contributed by atoms with E-state index in [9.17, 15) is 0 Å². The van der Waals surface area contributed by atoms with Crippen LogP contribution < -0.4 is 5.73 Å². The molecule has 2 unspecified atom stereocenters. The molecular formula is C17H20ClNS. The fourth-order valence-corrected chi connectivity index (χ4v) is 5.15. The average Bonchev–Trinajstić information content (AvgIpc) is 3.12. The summed E-state index contributed by atoms with van der Waals surface area (Å²) in [6.07, 6.45) is 4.07. The van der Waals surface area contributed by atoms with Crippen LogP contribution in [0.15, 0.2) is 29.2 Å². The molecule has 4 rings (SSSR count). The summed E-state index contributed by atoms with van der Waals surface area (Å²) in [5.74, 6) is 1.55. The van der Waals surface area contributed by atoms with Crippen molar-refractivity contribution in [2.75, 3.05) is 6.54 Å². The van der Waals surface area contributed by atoms with Gasteiger partial charge in [-0.1, -0.05) is 12.1 Å². The van der Waals surface area contributed by atoms with Crippen molar-refractivity contribution in [2.24, 2.45) is 17.6 Å². The molecule has 2 aliphatic carbocycles. The van der Waals surface area contributed by atoms with Gasteiger partial charge in [-0.05, 0) is 71.7 Å². The predicted octanol–water partition coefficient (Wildman–Crippen LogP) is 4.77. The van der Waals surface area contributed by atoms with Gasteiger partial charge in [0.2, 0.25) is 0 Å². The molecule has 1 aromatic carbocycles. The number of rotatable bonds is 2. The van der Waals surface area contributed by atoms with E-state index in [0.717, 1.165) is 18.4 Å². The SMILES string of the molecule is Cc1csc2cccc(C3=C(CN)C4CCC3C4)c12.Cl. The quantitative estimate of drug-likeness (QED) is 0.849. The third-order valence-corrected chi connectivity index (χ3v) is 6.04. The lowest BCUT2D eigenvalue weighted by atomic mass is 9.85. The van der Waals surface area contributed by atoms with E-state index < -0.39 is 0 Å². The second-order valence-corrected chi connectivity index (χ2v) is 6.86. The number of thiophene rings is 1. The van der Waals surface area contributed by atoms with E-state index in [4.69, 9.17) is 5.73 Å². The Morgan fingerprint density at radius 3 is 2.85 bits per heavy atom. The Kier molecular flexibility index (Phi) is 3.65. The molecule has 1 nitrogen and oxygen atoms in total. The van der Waals surface area contributed by atoms with Crippen molar-refractivity contribution in [3.63, 3.8) is 0 Å². The van der Waals surface area contributed by atoms with Gasteiger partial charge in [0, 0.05) is 16.6 Å². The zero-order valence-corrected chi connectivity index (χ0v) is 13.3. The number of halogens is 1. The molecule has 20 heavy (non-hydrogen) atoms. The Labute approximate surface area is 130 Å². The predicted molar refractivity (Wildman–Crippen MR) is 90.6 cm³/mol. The lowest BCUT2D eigenvalue weighted by molar-refractivity contribution is 0.646. The summed E-state index contributed by atoms with van der Waals surface area (Å²) in [7, 11) is 0. The van der Waals surface area contributed by atoms with Crippen LogP contribution in [0.3, 0.4) is 0 Å². The Morgan fingerprint density at radius 2 is 2.05 bits per heavy atom. The fourth-order valence-electron chi connectivity index (χ4n) is 4.18. The number of aryl methyl sites for hydroxylation is 1. The minimum atomic E-state index is 0. The maximum Gasteiger partial charge on any atom is 0.0351 e. The highest BCUT2D eigenvalue weighted by Gasteiger charge is 2.39. The van der Waals surface area contributed by atoms with Crippen LogP contribution in [0.4, 0.5) is 0 Å². The number of allylic oxidation sites excluding steroid dienone is 1. The Morgan fingerprint density at radius 1 is 1.25 bits per heavy atom. The maximum absolute atomic E-state index is 6.05. The Hall–Kier alpha value is -0.830. The summed E-state index contributed by atoms with van der Waals surface area (Å²) in [6, 6.07) is 6.76. The molecule has 1 aromatic heterocycles. The van der Waals surface area contributed by atoms with E-state index >= 15 is 0 Å². The topological polar surface area (TPSA) is 26.0 Å². The van der Waals surface area contributed by atoms with Crippen molar-refractivity contribution in [1.82, 2.24) is 0 Å². The molecule has 0 spiro atoms. The summed E-state index contributed by atoms with van der Waals surface area (Å²) in [5, 5.41) is 3.75. The third-order valence-electron chi connectivity index (χ3n) is 4.97. The molecule has 2 aromatic rings. The Balaban J connectivity index is 0.00000121. The van der Waals surface area contributed by atoms with Crippen molar-refractivity contribution in [1.29, 1.82) is 0 Å². The fraction of sp³-hybridized carbons (Fsp3) is 0.412. The zero-order valence-electron chi connectivity index (χ0n) is 11.7. The van der Waals surface area contributed by atoms with Crippen molar-refractivity contribution in [2.45, 2.75) is 26.2 Å². The molecule has 2 atom stereocenters. The van der Waals surface area contributed by atoms with E-state index in [1.807, 2.05) is 11.3 Å². The minimum Gasteiger partial charge on any atom is -0.327 e. The maximum atomic E-state index is 6.05. The van der Waals surface area contributed by atoms with Gasteiger partial charge >= 0.3 is 0 Å². The summed E-state index contributed by atoms with van der Waals surface area (Å²) in [5.41, 5.74) is 12.1. The summed E-state index contributed by atoms with van der Waals surface area (Å²) >= 11 is 1.86. The molecule has 106 valence electrons. The van der Waals surface area contributed by atoms with Crippen molar-refractivity contribution in [3.8, 4) is 0 Å². The molecule has 2 bridgehead atoms. The first kappa shape index (κ1) is 14.1. The van der Waals surface area contributed by atoms with Gasteiger partial charge in [-0.15, -0.1) is 23.7 Å². The van der Waals surface area contributed by atoms with Crippen LogP contribution in [0.5, 0.6) is 0 Å². The molecule has 3 heteroatoms. The van der Waals surface area contributed by atoms with Gasteiger partial charge in [0.25, 0.3) is 0 Å². The van der Waals surface area contributed by atoms with E-state index in [-0.39, 0.29) is 12.4 Å². The molecule has 0 radical (unpaired) electrons. The second-order valence-electron chi connectivity index (χ2n) is 5.95. The van der Waals surface area contributed by atoms with Crippen LogP contribution in [0.2, 0.25) is 0 Å². The monoisotopic (exact) mass is 305 g/mol. The van der Waals surface area contributed by atoms with Crippen molar-refractivity contribution < 1.29 is 0 Å². The smallest absolute Gasteiger partial charge is 0.0351 e. The van der Waals surface area contributed by atoms with Gasteiger partial charge in [-0.25, -0.2) is 0 Å².